The number of nitrogens with zero attached hydrogens (tertiary/aromatic N) is 4. The van der Waals surface area contributed by atoms with Crippen LogP contribution in [0, 0.1) is 21.4 Å². The molecule has 10 heteroatoms. The van der Waals surface area contributed by atoms with Crippen molar-refractivity contribution in [3.8, 4) is 23.0 Å². The smallest absolute Gasteiger partial charge is 0.271 e. The fourth-order valence-electron chi connectivity index (χ4n) is 4.31. The summed E-state index contributed by atoms with van der Waals surface area (Å²) in [6, 6.07) is 24.5. The number of nitrogens with one attached hydrogen (secondary N) is 1. The summed E-state index contributed by atoms with van der Waals surface area (Å²) in [4.78, 5) is 37.8. The van der Waals surface area contributed by atoms with Crippen LogP contribution in [0.3, 0.4) is 0 Å². The highest BCUT2D eigenvalue weighted by Gasteiger charge is 2.47. The van der Waals surface area contributed by atoms with Crippen LogP contribution in [-0.2, 0) is 27.3 Å². The molecule has 0 radical (unpaired) electrons. The van der Waals surface area contributed by atoms with E-state index in [-0.39, 0.29) is 17.9 Å². The molecule has 1 atom stereocenters. The summed E-state index contributed by atoms with van der Waals surface area (Å²) in [5, 5.41) is 29.0. The van der Waals surface area contributed by atoms with Crippen molar-refractivity contribution in [1.82, 2.24) is 15.1 Å². The lowest BCUT2D eigenvalue weighted by Crippen LogP contribution is -2.45. The molecule has 4 aromatic rings. The molecular weight excluding hydrogens is 490 g/mol. The van der Waals surface area contributed by atoms with E-state index in [1.807, 2.05) is 60.7 Å². The maximum absolute atomic E-state index is 13.4. The van der Waals surface area contributed by atoms with Crippen LogP contribution in [0.5, 0.6) is 0 Å². The topological polar surface area (TPSA) is 131 Å². The molecule has 1 aromatic heterocycles. The lowest BCUT2D eigenvalue weighted by atomic mass is 9.83. The number of nitriles is 1. The highest BCUT2D eigenvalue weighted by Crippen LogP contribution is 2.45. The molecule has 1 aliphatic rings. The number of fused-ring (bicyclic) bond motifs is 3. The first-order valence-electron chi connectivity index (χ1n) is 11.3. The fourth-order valence-corrected chi connectivity index (χ4v) is 5.38. The largest absolute Gasteiger partial charge is 0.350 e. The zero-order chi connectivity index (χ0) is 26.0. The van der Waals surface area contributed by atoms with Gasteiger partial charge in [-0.05, 0) is 17.7 Å². The summed E-state index contributed by atoms with van der Waals surface area (Å²) in [7, 11) is 0. The van der Waals surface area contributed by atoms with E-state index in [0.29, 0.717) is 29.0 Å². The molecule has 2 heterocycles. The molecule has 1 amide bonds. The number of hydrogen-bond donors (Lipinski definition) is 1. The number of thioether (sulfide) groups is 1. The van der Waals surface area contributed by atoms with E-state index < -0.39 is 16.2 Å². The van der Waals surface area contributed by atoms with Crippen LogP contribution in [0.4, 0.5) is 5.69 Å². The summed E-state index contributed by atoms with van der Waals surface area (Å²) >= 11 is 1.50. The van der Waals surface area contributed by atoms with Gasteiger partial charge in [-0.15, -0.1) is 11.8 Å². The van der Waals surface area contributed by atoms with Gasteiger partial charge < -0.3 is 10.1 Å². The molecule has 37 heavy (non-hydrogen) atoms. The second-order valence-electron chi connectivity index (χ2n) is 8.36. The Labute approximate surface area is 215 Å². The van der Waals surface area contributed by atoms with Crippen LogP contribution in [-0.4, -0.2) is 26.9 Å². The molecule has 0 saturated carbocycles. The van der Waals surface area contributed by atoms with Gasteiger partial charge in [-0.25, -0.2) is 4.68 Å². The SMILES string of the molecule is N#CC(C=O)(C(=O)NCc1ccccc1)c1nn(-c2cccc([N+](=O)[O-])c2)c2c1CSc1ccccc1-2. The van der Waals surface area contributed by atoms with E-state index >= 15 is 0 Å². The Bertz CT molecular complexity index is 1580. The van der Waals surface area contributed by atoms with Crippen LogP contribution in [0.25, 0.3) is 16.9 Å². The van der Waals surface area contributed by atoms with Crippen molar-refractivity contribution >= 4 is 29.6 Å². The van der Waals surface area contributed by atoms with Crippen molar-refractivity contribution in [3.05, 3.63) is 106 Å². The van der Waals surface area contributed by atoms with Crippen molar-refractivity contribution in [2.24, 2.45) is 0 Å². The maximum Gasteiger partial charge on any atom is 0.271 e. The first-order chi connectivity index (χ1) is 18.0. The number of carbonyl (C=O) groups is 2. The van der Waals surface area contributed by atoms with E-state index in [2.05, 4.69) is 10.4 Å². The molecule has 0 spiro atoms. The van der Waals surface area contributed by atoms with Crippen LogP contribution < -0.4 is 5.32 Å². The minimum atomic E-state index is -2.21. The van der Waals surface area contributed by atoms with Crippen molar-refractivity contribution in [3.63, 3.8) is 0 Å². The van der Waals surface area contributed by atoms with Gasteiger partial charge in [0.25, 0.3) is 11.6 Å². The number of benzene rings is 3. The van der Waals surface area contributed by atoms with Crippen LogP contribution >= 0.6 is 11.8 Å². The van der Waals surface area contributed by atoms with Crippen LogP contribution in [0.1, 0.15) is 16.8 Å². The van der Waals surface area contributed by atoms with Crippen molar-refractivity contribution in [2.75, 3.05) is 0 Å². The van der Waals surface area contributed by atoms with Gasteiger partial charge in [0, 0.05) is 40.5 Å². The number of nitro benzene ring substituents is 1. The molecular formula is C27H19N5O4S. The number of aldehydes is 1. The Hall–Kier alpha value is -4.75. The number of rotatable bonds is 7. The van der Waals surface area contributed by atoms with Gasteiger partial charge >= 0.3 is 0 Å². The zero-order valence-electron chi connectivity index (χ0n) is 19.3. The van der Waals surface area contributed by atoms with E-state index in [9.17, 15) is 25.0 Å². The second-order valence-corrected chi connectivity index (χ2v) is 9.37. The minimum Gasteiger partial charge on any atom is -0.350 e. The monoisotopic (exact) mass is 509 g/mol. The van der Waals surface area contributed by atoms with Crippen LogP contribution in [0.15, 0.2) is 83.8 Å². The van der Waals surface area contributed by atoms with Crippen molar-refractivity contribution in [1.29, 1.82) is 5.26 Å². The Morgan fingerprint density at radius 1 is 1.16 bits per heavy atom. The van der Waals surface area contributed by atoms with E-state index in [0.717, 1.165) is 16.0 Å². The summed E-state index contributed by atoms with van der Waals surface area (Å²) in [5.74, 6) is -0.427. The first-order valence-corrected chi connectivity index (χ1v) is 12.3. The number of amides is 1. The minimum absolute atomic E-state index is 0.0130. The summed E-state index contributed by atoms with van der Waals surface area (Å²) in [6.45, 7) is 0.127. The predicted octanol–water partition coefficient (Wildman–Crippen LogP) is 4.33. The third-order valence-electron chi connectivity index (χ3n) is 6.16. The Morgan fingerprint density at radius 2 is 1.92 bits per heavy atom. The lowest BCUT2D eigenvalue weighted by molar-refractivity contribution is -0.384. The Kier molecular flexibility index (Phi) is 6.29. The molecule has 0 fully saturated rings. The summed E-state index contributed by atoms with van der Waals surface area (Å²) < 4.78 is 1.48. The lowest BCUT2D eigenvalue weighted by Gasteiger charge is -2.21. The highest BCUT2D eigenvalue weighted by molar-refractivity contribution is 7.98. The van der Waals surface area contributed by atoms with Gasteiger partial charge in [0.15, 0.2) is 6.29 Å². The van der Waals surface area contributed by atoms with Gasteiger partial charge in [0.05, 0.1) is 22.4 Å². The summed E-state index contributed by atoms with van der Waals surface area (Å²) in [5.41, 5.74) is 0.784. The molecule has 1 unspecified atom stereocenters. The average Bonchev–Trinajstić information content (AvgIpc) is 3.34. The molecule has 9 nitrogen and oxygen atoms in total. The molecule has 5 rings (SSSR count). The number of aromatic nitrogens is 2. The standard InChI is InChI=1S/C27H19N5O4S/c28-16-27(17-33,26(34)29-14-18-7-2-1-3-8-18)25-22-15-37-23-12-5-4-11-21(23)24(22)31(30-25)19-9-6-10-20(13-19)32(35)36/h1-13,17H,14-15H2,(H,29,34). The van der Waals surface area contributed by atoms with E-state index in [4.69, 9.17) is 0 Å². The Balaban J connectivity index is 1.68. The van der Waals surface area contributed by atoms with Crippen LogP contribution in [0.2, 0.25) is 0 Å². The van der Waals surface area contributed by atoms with Gasteiger partial charge in [-0.3, -0.25) is 14.9 Å². The third kappa shape index (κ3) is 4.15. The molecule has 3 aromatic carbocycles. The molecule has 1 aliphatic heterocycles. The number of hydrogen-bond acceptors (Lipinski definition) is 7. The maximum atomic E-state index is 13.4. The third-order valence-corrected chi connectivity index (χ3v) is 7.26. The Morgan fingerprint density at radius 3 is 2.65 bits per heavy atom. The average molecular weight is 510 g/mol. The highest BCUT2D eigenvalue weighted by atomic mass is 32.2. The quantitative estimate of drug-likeness (QED) is 0.170. The zero-order valence-corrected chi connectivity index (χ0v) is 20.1. The molecule has 0 bridgehead atoms. The van der Waals surface area contributed by atoms with E-state index in [1.165, 1.54) is 34.6 Å². The number of non-ortho nitro benzene ring substituents is 1. The molecule has 0 saturated heterocycles. The van der Waals surface area contributed by atoms with Gasteiger partial charge in [0.2, 0.25) is 5.41 Å². The fraction of sp³-hybridized carbons (Fsp3) is 0.111. The second kappa shape index (κ2) is 9.72. The summed E-state index contributed by atoms with van der Waals surface area (Å²) in [6.07, 6.45) is 0.318. The van der Waals surface area contributed by atoms with Gasteiger partial charge in [-0.2, -0.15) is 10.4 Å². The predicted molar refractivity (Wildman–Crippen MR) is 137 cm³/mol. The van der Waals surface area contributed by atoms with Gasteiger partial charge in [-0.1, -0.05) is 54.6 Å². The van der Waals surface area contributed by atoms with E-state index in [1.54, 1.807) is 6.07 Å². The molecule has 182 valence electrons. The number of nitro groups is 1. The van der Waals surface area contributed by atoms with Gasteiger partial charge in [0.1, 0.15) is 5.69 Å². The normalized spacial score (nSPS) is 13.4. The molecule has 1 N–H and O–H groups in total. The first kappa shape index (κ1) is 24.0. The molecule has 0 aliphatic carbocycles. The number of carbonyl (C=O) groups excluding carboxylic acids is 2. The van der Waals surface area contributed by atoms with Crippen molar-refractivity contribution in [2.45, 2.75) is 22.6 Å². The van der Waals surface area contributed by atoms with Crippen molar-refractivity contribution < 1.29 is 14.5 Å².